The molecule has 0 amide bonds. The first-order chi connectivity index (χ1) is 12.3. The van der Waals surface area contributed by atoms with E-state index in [4.69, 9.17) is 11.6 Å². The maximum absolute atomic E-state index is 6.28. The summed E-state index contributed by atoms with van der Waals surface area (Å²) in [7, 11) is 0. The Bertz CT molecular complexity index is 841. The molecule has 0 aliphatic heterocycles. The number of fused-ring (bicyclic) bond motifs is 1. The van der Waals surface area contributed by atoms with Gasteiger partial charge in [-0.1, -0.05) is 60.1 Å². The van der Waals surface area contributed by atoms with Gasteiger partial charge in [-0.3, -0.25) is 4.68 Å². The molecule has 2 aromatic carbocycles. The van der Waals surface area contributed by atoms with Crippen molar-refractivity contribution in [2.24, 2.45) is 0 Å². The molecule has 0 saturated heterocycles. The first-order valence-electron chi connectivity index (χ1n) is 8.86. The van der Waals surface area contributed by atoms with Gasteiger partial charge in [0, 0.05) is 28.9 Å². The van der Waals surface area contributed by atoms with Gasteiger partial charge < -0.3 is 5.32 Å². The van der Waals surface area contributed by atoms with Crippen LogP contribution in [0.4, 0.5) is 0 Å². The average Bonchev–Trinajstić information content (AvgIpc) is 3.05. The third kappa shape index (κ3) is 3.63. The summed E-state index contributed by atoms with van der Waals surface area (Å²) >= 11 is 6.28. The molecular weight excluding hydrogens is 330 g/mol. The predicted molar refractivity (Wildman–Crippen MR) is 102 cm³/mol. The molecule has 1 aliphatic carbocycles. The molecule has 0 fully saturated rings. The normalized spacial score (nSPS) is 16.6. The zero-order valence-electron chi connectivity index (χ0n) is 14.2. The van der Waals surface area contributed by atoms with E-state index in [0.717, 1.165) is 36.5 Å². The maximum Gasteiger partial charge on any atom is 0.0662 e. The zero-order valence-corrected chi connectivity index (χ0v) is 14.9. The minimum absolute atomic E-state index is 0.351. The molecule has 0 bridgehead atoms. The van der Waals surface area contributed by atoms with Crippen molar-refractivity contribution in [2.45, 2.75) is 38.4 Å². The van der Waals surface area contributed by atoms with Crippen LogP contribution in [0.15, 0.2) is 60.8 Å². The van der Waals surface area contributed by atoms with Crippen molar-refractivity contribution in [1.82, 2.24) is 15.1 Å². The van der Waals surface area contributed by atoms with Crippen molar-refractivity contribution in [1.29, 1.82) is 0 Å². The van der Waals surface area contributed by atoms with Crippen LogP contribution in [0.1, 0.15) is 41.3 Å². The van der Waals surface area contributed by atoms with Gasteiger partial charge >= 0.3 is 0 Å². The smallest absolute Gasteiger partial charge is 0.0662 e. The number of halogens is 1. The van der Waals surface area contributed by atoms with E-state index >= 15 is 0 Å². The minimum Gasteiger partial charge on any atom is -0.306 e. The second-order valence-corrected chi connectivity index (χ2v) is 7.01. The fourth-order valence-corrected chi connectivity index (χ4v) is 3.80. The summed E-state index contributed by atoms with van der Waals surface area (Å²) in [6.45, 7) is 1.63. The Kier molecular flexibility index (Phi) is 4.86. The largest absolute Gasteiger partial charge is 0.306 e. The Labute approximate surface area is 153 Å². The Morgan fingerprint density at radius 1 is 1.08 bits per heavy atom. The summed E-state index contributed by atoms with van der Waals surface area (Å²) in [5.74, 6) is 0. The minimum atomic E-state index is 0.351. The molecule has 1 heterocycles. The summed E-state index contributed by atoms with van der Waals surface area (Å²) in [6, 6.07) is 18.9. The lowest BCUT2D eigenvalue weighted by Crippen LogP contribution is -2.25. The van der Waals surface area contributed by atoms with E-state index in [0.29, 0.717) is 6.04 Å². The first kappa shape index (κ1) is 16.4. The molecule has 25 heavy (non-hydrogen) atoms. The molecule has 0 radical (unpaired) electrons. The predicted octanol–water partition coefficient (Wildman–Crippen LogP) is 4.75. The number of nitrogens with one attached hydrogen (secondary N) is 1. The molecule has 0 saturated carbocycles. The first-order valence-corrected chi connectivity index (χ1v) is 9.24. The van der Waals surface area contributed by atoms with E-state index in [2.05, 4.69) is 51.5 Å². The third-order valence-electron chi connectivity index (χ3n) is 4.93. The van der Waals surface area contributed by atoms with Crippen molar-refractivity contribution in [3.8, 4) is 0 Å². The Balaban J connectivity index is 1.50. The summed E-state index contributed by atoms with van der Waals surface area (Å²) in [6.07, 6.45) is 5.48. The number of nitrogens with zero attached hydrogens (tertiary/aromatic N) is 2. The molecule has 3 aromatic rings. The zero-order chi connectivity index (χ0) is 17.1. The SMILES string of the molecule is Clc1ccccc1CN[C@@H]1CCCc2c1cnn2Cc1ccccc1. The Hall–Kier alpha value is -2.10. The van der Waals surface area contributed by atoms with E-state index in [9.17, 15) is 0 Å². The number of hydrogen-bond acceptors (Lipinski definition) is 2. The highest BCUT2D eigenvalue weighted by molar-refractivity contribution is 6.31. The van der Waals surface area contributed by atoms with Gasteiger partial charge in [-0.05, 0) is 36.5 Å². The quantitative estimate of drug-likeness (QED) is 0.718. The lowest BCUT2D eigenvalue weighted by Gasteiger charge is -2.24. The molecule has 0 unspecified atom stereocenters. The van der Waals surface area contributed by atoms with Gasteiger partial charge in [0.15, 0.2) is 0 Å². The number of rotatable bonds is 5. The van der Waals surface area contributed by atoms with Crippen molar-refractivity contribution in [2.75, 3.05) is 0 Å². The van der Waals surface area contributed by atoms with E-state index < -0.39 is 0 Å². The van der Waals surface area contributed by atoms with E-state index in [-0.39, 0.29) is 0 Å². The highest BCUT2D eigenvalue weighted by Gasteiger charge is 2.24. The Morgan fingerprint density at radius 2 is 1.88 bits per heavy atom. The average molecular weight is 352 g/mol. The van der Waals surface area contributed by atoms with Crippen LogP contribution in [-0.2, 0) is 19.5 Å². The summed E-state index contributed by atoms with van der Waals surface area (Å²) < 4.78 is 2.16. The third-order valence-corrected chi connectivity index (χ3v) is 5.30. The van der Waals surface area contributed by atoms with Gasteiger partial charge in [-0.15, -0.1) is 0 Å². The fourth-order valence-electron chi connectivity index (χ4n) is 3.60. The molecule has 1 aliphatic rings. The van der Waals surface area contributed by atoms with Crippen LogP contribution in [0.3, 0.4) is 0 Å². The van der Waals surface area contributed by atoms with Crippen LogP contribution < -0.4 is 5.32 Å². The number of hydrogen-bond donors (Lipinski definition) is 1. The summed E-state index contributed by atoms with van der Waals surface area (Å²) in [5.41, 5.74) is 5.15. The van der Waals surface area contributed by atoms with Crippen LogP contribution in [-0.4, -0.2) is 9.78 Å². The number of benzene rings is 2. The topological polar surface area (TPSA) is 29.9 Å². The number of aromatic nitrogens is 2. The van der Waals surface area contributed by atoms with Crippen LogP contribution in [0.2, 0.25) is 5.02 Å². The molecule has 0 spiro atoms. The van der Waals surface area contributed by atoms with E-state index in [1.807, 2.05) is 24.4 Å². The highest BCUT2D eigenvalue weighted by Crippen LogP contribution is 2.30. The fraction of sp³-hybridized carbons (Fsp3) is 0.286. The molecule has 128 valence electrons. The second-order valence-electron chi connectivity index (χ2n) is 6.61. The molecular formula is C21H22ClN3. The molecule has 1 N–H and O–H groups in total. The monoisotopic (exact) mass is 351 g/mol. The molecule has 1 aromatic heterocycles. The molecule has 4 heteroatoms. The van der Waals surface area contributed by atoms with Crippen LogP contribution in [0, 0.1) is 0 Å². The van der Waals surface area contributed by atoms with Crippen LogP contribution >= 0.6 is 11.6 Å². The van der Waals surface area contributed by atoms with Gasteiger partial charge in [0.25, 0.3) is 0 Å². The standard InChI is InChI=1S/C21H22ClN3/c22-19-10-5-4-9-17(19)13-23-20-11-6-12-21-18(20)14-24-25(21)15-16-7-2-1-3-8-16/h1-5,7-10,14,20,23H,6,11-13,15H2/t20-/m1/s1. The highest BCUT2D eigenvalue weighted by atomic mass is 35.5. The summed E-state index contributed by atoms with van der Waals surface area (Å²) in [4.78, 5) is 0. The van der Waals surface area contributed by atoms with Gasteiger partial charge in [0.2, 0.25) is 0 Å². The van der Waals surface area contributed by atoms with Crippen LogP contribution in [0.25, 0.3) is 0 Å². The Morgan fingerprint density at radius 3 is 2.72 bits per heavy atom. The van der Waals surface area contributed by atoms with E-state index in [1.165, 1.54) is 23.2 Å². The van der Waals surface area contributed by atoms with Crippen molar-refractivity contribution < 1.29 is 0 Å². The lowest BCUT2D eigenvalue weighted by atomic mass is 9.92. The molecule has 4 rings (SSSR count). The van der Waals surface area contributed by atoms with Gasteiger partial charge in [0.05, 0.1) is 12.7 Å². The second kappa shape index (κ2) is 7.42. The molecule has 3 nitrogen and oxygen atoms in total. The van der Waals surface area contributed by atoms with Crippen molar-refractivity contribution in [3.63, 3.8) is 0 Å². The van der Waals surface area contributed by atoms with Crippen LogP contribution in [0.5, 0.6) is 0 Å². The van der Waals surface area contributed by atoms with Crippen molar-refractivity contribution >= 4 is 11.6 Å². The lowest BCUT2D eigenvalue weighted by molar-refractivity contribution is 0.449. The summed E-state index contributed by atoms with van der Waals surface area (Å²) in [5, 5.41) is 9.17. The van der Waals surface area contributed by atoms with Gasteiger partial charge in [-0.25, -0.2) is 0 Å². The van der Waals surface area contributed by atoms with E-state index in [1.54, 1.807) is 0 Å². The van der Waals surface area contributed by atoms with Crippen molar-refractivity contribution in [3.05, 3.63) is 88.2 Å². The molecule has 1 atom stereocenters. The maximum atomic E-state index is 6.28. The van der Waals surface area contributed by atoms with Gasteiger partial charge in [-0.2, -0.15) is 5.10 Å². The van der Waals surface area contributed by atoms with Gasteiger partial charge in [0.1, 0.15) is 0 Å².